The van der Waals surface area contributed by atoms with Crippen molar-refractivity contribution in [2.24, 2.45) is 0 Å². The van der Waals surface area contributed by atoms with Crippen molar-refractivity contribution < 1.29 is 0 Å². The highest BCUT2D eigenvalue weighted by Crippen LogP contribution is 2.42. The van der Waals surface area contributed by atoms with Gasteiger partial charge in [-0.15, -0.1) is 0 Å². The molecule has 174 valence electrons. The van der Waals surface area contributed by atoms with Gasteiger partial charge in [-0.1, -0.05) is 48.5 Å². The van der Waals surface area contributed by atoms with Gasteiger partial charge in [0.15, 0.2) is 0 Å². The molecular formula is C34H18N4. The van der Waals surface area contributed by atoms with Crippen molar-refractivity contribution in [2.75, 3.05) is 0 Å². The van der Waals surface area contributed by atoms with Crippen molar-refractivity contribution in [3.05, 3.63) is 110 Å². The van der Waals surface area contributed by atoms with E-state index in [0.29, 0.717) is 0 Å². The standard InChI is InChI=1S/C34H18N4/c1-3-21-25-15-19(7-9-29(25)37-31-11-13-35-17-27(31)23(5-1)33(21)37)20-8-10-30-26(16-20)22-4-2-6-24-28-18-36-14-12-32(28)38(30)34(22)24/h1-18H. The first-order chi connectivity index (χ1) is 18.9. The first kappa shape index (κ1) is 19.0. The Morgan fingerprint density at radius 1 is 0.395 bits per heavy atom. The zero-order valence-corrected chi connectivity index (χ0v) is 20.2. The van der Waals surface area contributed by atoms with Gasteiger partial charge in [-0.25, -0.2) is 0 Å². The number of rotatable bonds is 1. The fourth-order valence-corrected chi connectivity index (χ4v) is 7.01. The van der Waals surface area contributed by atoms with E-state index in [-0.39, 0.29) is 0 Å². The normalized spacial score (nSPS) is 12.7. The summed E-state index contributed by atoms with van der Waals surface area (Å²) >= 11 is 0. The summed E-state index contributed by atoms with van der Waals surface area (Å²) in [5, 5.41) is 10.1. The molecule has 0 bridgehead atoms. The van der Waals surface area contributed by atoms with Crippen molar-refractivity contribution in [2.45, 2.75) is 0 Å². The van der Waals surface area contributed by atoms with Gasteiger partial charge >= 0.3 is 0 Å². The number of fused-ring (bicyclic) bond motifs is 12. The molecule has 4 heteroatoms. The Morgan fingerprint density at radius 2 is 0.816 bits per heavy atom. The fourth-order valence-electron chi connectivity index (χ4n) is 7.01. The van der Waals surface area contributed by atoms with Crippen LogP contribution in [0.1, 0.15) is 0 Å². The van der Waals surface area contributed by atoms with Crippen LogP contribution in [0.4, 0.5) is 0 Å². The minimum Gasteiger partial charge on any atom is -0.308 e. The minimum absolute atomic E-state index is 1.21. The van der Waals surface area contributed by atoms with Crippen LogP contribution in [0.15, 0.2) is 110 Å². The van der Waals surface area contributed by atoms with Crippen molar-refractivity contribution >= 4 is 76.2 Å². The number of hydrogen-bond acceptors (Lipinski definition) is 2. The molecular weight excluding hydrogens is 464 g/mol. The summed E-state index contributed by atoms with van der Waals surface area (Å²) in [6.07, 6.45) is 7.74. The van der Waals surface area contributed by atoms with Crippen LogP contribution in [-0.4, -0.2) is 18.8 Å². The maximum Gasteiger partial charge on any atom is 0.0621 e. The van der Waals surface area contributed by atoms with Crippen LogP contribution < -0.4 is 0 Å². The summed E-state index contributed by atoms with van der Waals surface area (Å²) in [7, 11) is 0. The molecule has 0 unspecified atom stereocenters. The van der Waals surface area contributed by atoms with E-state index in [9.17, 15) is 0 Å². The van der Waals surface area contributed by atoms with E-state index in [0.717, 1.165) is 0 Å². The Hall–Kier alpha value is -5.22. The van der Waals surface area contributed by atoms with Gasteiger partial charge in [0.25, 0.3) is 0 Å². The van der Waals surface area contributed by atoms with Crippen molar-refractivity contribution in [1.29, 1.82) is 0 Å². The number of pyridine rings is 2. The number of benzene rings is 4. The summed E-state index contributed by atoms with van der Waals surface area (Å²) in [5.41, 5.74) is 9.93. The highest BCUT2D eigenvalue weighted by molar-refractivity contribution is 6.25. The summed E-state index contributed by atoms with van der Waals surface area (Å²) in [5.74, 6) is 0. The zero-order valence-electron chi connectivity index (χ0n) is 20.2. The average molecular weight is 483 g/mol. The fraction of sp³-hybridized carbons (Fsp3) is 0. The van der Waals surface area contributed by atoms with Gasteiger partial charge in [0.05, 0.1) is 33.1 Å². The Labute approximate surface area is 215 Å². The summed E-state index contributed by atoms with van der Waals surface area (Å²) in [4.78, 5) is 8.78. The molecule has 6 aromatic heterocycles. The highest BCUT2D eigenvalue weighted by Gasteiger charge is 2.19. The molecule has 0 saturated heterocycles. The number of aromatic nitrogens is 4. The third-order valence-electron chi connectivity index (χ3n) is 8.57. The molecule has 4 aromatic carbocycles. The van der Waals surface area contributed by atoms with E-state index in [1.54, 1.807) is 0 Å². The lowest BCUT2D eigenvalue weighted by molar-refractivity contribution is 1.32. The van der Waals surface area contributed by atoms with Gasteiger partial charge in [-0.05, 0) is 47.5 Å². The van der Waals surface area contributed by atoms with Gasteiger partial charge in [0.1, 0.15) is 0 Å². The second kappa shape index (κ2) is 6.36. The maximum absolute atomic E-state index is 4.39. The van der Waals surface area contributed by atoms with Gasteiger partial charge in [0.2, 0.25) is 0 Å². The molecule has 0 amide bonds. The van der Waals surface area contributed by atoms with Crippen molar-refractivity contribution in [1.82, 2.24) is 18.8 Å². The lowest BCUT2D eigenvalue weighted by atomic mass is 10.00. The zero-order chi connectivity index (χ0) is 24.5. The third-order valence-corrected chi connectivity index (χ3v) is 8.57. The molecule has 0 aliphatic carbocycles. The third kappa shape index (κ3) is 2.07. The van der Waals surface area contributed by atoms with E-state index in [2.05, 4.69) is 104 Å². The minimum atomic E-state index is 1.21. The molecule has 0 saturated carbocycles. The van der Waals surface area contributed by atoms with Gasteiger partial charge < -0.3 is 8.80 Å². The molecule has 0 fully saturated rings. The van der Waals surface area contributed by atoms with E-state index in [1.807, 2.05) is 24.8 Å². The van der Waals surface area contributed by atoms with Gasteiger partial charge in [-0.3, -0.25) is 9.97 Å². The Balaban J connectivity index is 1.27. The van der Waals surface area contributed by atoms with Crippen molar-refractivity contribution in [3.8, 4) is 11.1 Å². The molecule has 0 spiro atoms. The first-order valence-electron chi connectivity index (χ1n) is 12.9. The van der Waals surface area contributed by atoms with Crippen LogP contribution in [0.25, 0.3) is 87.3 Å². The molecule has 6 heterocycles. The van der Waals surface area contributed by atoms with Crippen LogP contribution in [0.2, 0.25) is 0 Å². The van der Waals surface area contributed by atoms with E-state index in [1.165, 1.54) is 87.3 Å². The topological polar surface area (TPSA) is 34.6 Å². The largest absolute Gasteiger partial charge is 0.308 e. The molecule has 10 aromatic rings. The SMILES string of the molecule is c1cc2c3cnccc3n3c4ccc(-c5ccc6c(c5)c5cccc7c8cnccc8n6c75)cc4c(c1)c23. The second-order valence-corrected chi connectivity index (χ2v) is 10.3. The molecule has 4 nitrogen and oxygen atoms in total. The Kier molecular flexibility index (Phi) is 3.18. The molecule has 0 N–H and O–H groups in total. The van der Waals surface area contributed by atoms with Crippen LogP contribution in [0, 0.1) is 0 Å². The average Bonchev–Trinajstić information content (AvgIpc) is 3.70. The molecule has 38 heavy (non-hydrogen) atoms. The van der Waals surface area contributed by atoms with Crippen LogP contribution in [0.5, 0.6) is 0 Å². The lowest BCUT2D eigenvalue weighted by Gasteiger charge is -2.05. The Bertz CT molecular complexity index is 2380. The number of nitrogens with zero attached hydrogens (tertiary/aromatic N) is 4. The second-order valence-electron chi connectivity index (χ2n) is 10.3. The Morgan fingerprint density at radius 3 is 1.29 bits per heavy atom. The van der Waals surface area contributed by atoms with Crippen molar-refractivity contribution in [3.63, 3.8) is 0 Å². The molecule has 0 radical (unpaired) electrons. The van der Waals surface area contributed by atoms with E-state index < -0.39 is 0 Å². The molecule has 0 aliphatic heterocycles. The summed E-state index contributed by atoms with van der Waals surface area (Å²) in [6, 6.07) is 31.3. The number of hydrogen-bond donors (Lipinski definition) is 0. The summed E-state index contributed by atoms with van der Waals surface area (Å²) < 4.78 is 4.80. The number of para-hydroxylation sites is 2. The summed E-state index contributed by atoms with van der Waals surface area (Å²) in [6.45, 7) is 0. The first-order valence-corrected chi connectivity index (χ1v) is 12.9. The van der Waals surface area contributed by atoms with E-state index >= 15 is 0 Å². The van der Waals surface area contributed by atoms with E-state index in [4.69, 9.17) is 0 Å². The van der Waals surface area contributed by atoms with Gasteiger partial charge in [-0.2, -0.15) is 0 Å². The highest BCUT2D eigenvalue weighted by atomic mass is 14.9. The predicted molar refractivity (Wildman–Crippen MR) is 157 cm³/mol. The van der Waals surface area contributed by atoms with Crippen LogP contribution in [0.3, 0.4) is 0 Å². The molecule has 0 aliphatic rings. The smallest absolute Gasteiger partial charge is 0.0621 e. The molecule has 0 atom stereocenters. The quantitative estimate of drug-likeness (QED) is 0.235. The molecule has 10 rings (SSSR count). The van der Waals surface area contributed by atoms with Crippen LogP contribution in [-0.2, 0) is 0 Å². The predicted octanol–water partition coefficient (Wildman–Crippen LogP) is 8.44. The maximum atomic E-state index is 4.39. The monoisotopic (exact) mass is 482 g/mol. The van der Waals surface area contributed by atoms with Gasteiger partial charge in [0, 0.05) is 67.9 Å². The van der Waals surface area contributed by atoms with Crippen LogP contribution >= 0.6 is 0 Å². The lowest BCUT2D eigenvalue weighted by Crippen LogP contribution is -1.84.